The minimum absolute atomic E-state index is 0.0697. The predicted molar refractivity (Wildman–Crippen MR) is 128 cm³/mol. The molecule has 0 aliphatic heterocycles. The highest BCUT2D eigenvalue weighted by Crippen LogP contribution is 2.18. The van der Waals surface area contributed by atoms with E-state index in [2.05, 4.69) is 50.4 Å². The normalized spacial score (nSPS) is 11.9. The highest BCUT2D eigenvalue weighted by Gasteiger charge is 2.28. The Morgan fingerprint density at radius 1 is 0.969 bits per heavy atom. The molecule has 0 saturated carbocycles. The number of halogens is 1. The van der Waals surface area contributed by atoms with Gasteiger partial charge >= 0.3 is 0 Å². The van der Waals surface area contributed by atoms with Crippen molar-refractivity contribution in [2.45, 2.75) is 78.3 Å². The minimum atomic E-state index is -0.548. The first-order valence-corrected chi connectivity index (χ1v) is 11.8. The second-order valence-corrected chi connectivity index (χ2v) is 8.61. The van der Waals surface area contributed by atoms with Gasteiger partial charge in [0.15, 0.2) is 0 Å². The summed E-state index contributed by atoms with van der Waals surface area (Å²) in [6.45, 7) is 9.18. The molecule has 2 aromatic rings. The number of hydrogen-bond donors (Lipinski definition) is 1. The molecule has 0 heterocycles. The number of amides is 2. The summed E-state index contributed by atoms with van der Waals surface area (Å²) >= 11 is 0. The van der Waals surface area contributed by atoms with Crippen LogP contribution in [0.3, 0.4) is 0 Å². The van der Waals surface area contributed by atoms with Gasteiger partial charge in [0.2, 0.25) is 11.8 Å². The summed E-state index contributed by atoms with van der Waals surface area (Å²) in [4.78, 5) is 27.8. The van der Waals surface area contributed by atoms with E-state index in [1.807, 2.05) is 6.92 Å². The maximum absolute atomic E-state index is 13.4. The zero-order chi connectivity index (χ0) is 23.5. The lowest BCUT2D eigenvalue weighted by molar-refractivity contribution is -0.141. The van der Waals surface area contributed by atoms with Crippen LogP contribution in [0.4, 0.5) is 4.39 Å². The van der Waals surface area contributed by atoms with Gasteiger partial charge in [-0.1, -0.05) is 70.5 Å². The standard InChI is InChI=1S/C27H37FN2O2/c1-5-7-18-29-27(32)25(6-2)30(19-22-10-15-24(28)16-11-22)26(31)17-12-21-8-13-23(14-9-21)20(3)4/h8-11,13-16,20,25H,5-7,12,17-19H2,1-4H3,(H,29,32)/t25-/m0/s1. The van der Waals surface area contributed by atoms with Crippen LogP contribution in [0.2, 0.25) is 0 Å². The molecule has 0 bridgehead atoms. The van der Waals surface area contributed by atoms with Crippen molar-refractivity contribution in [1.82, 2.24) is 10.2 Å². The van der Waals surface area contributed by atoms with Crippen molar-refractivity contribution in [3.63, 3.8) is 0 Å². The van der Waals surface area contributed by atoms with Gasteiger partial charge in [-0.2, -0.15) is 0 Å². The van der Waals surface area contributed by atoms with E-state index >= 15 is 0 Å². The number of carbonyl (C=O) groups is 2. The molecule has 0 aliphatic carbocycles. The Morgan fingerprint density at radius 3 is 2.16 bits per heavy atom. The largest absolute Gasteiger partial charge is 0.354 e. The molecule has 2 rings (SSSR count). The molecule has 32 heavy (non-hydrogen) atoms. The van der Waals surface area contributed by atoms with Crippen molar-refractivity contribution in [1.29, 1.82) is 0 Å². The van der Waals surface area contributed by atoms with Gasteiger partial charge < -0.3 is 10.2 Å². The summed E-state index contributed by atoms with van der Waals surface area (Å²) in [5, 5.41) is 2.96. The number of unbranched alkanes of at least 4 members (excludes halogenated alkanes) is 1. The average Bonchev–Trinajstić information content (AvgIpc) is 2.79. The predicted octanol–water partition coefficient (Wildman–Crippen LogP) is 5.61. The third-order valence-electron chi connectivity index (χ3n) is 5.76. The highest BCUT2D eigenvalue weighted by molar-refractivity contribution is 5.87. The molecule has 0 spiro atoms. The highest BCUT2D eigenvalue weighted by atomic mass is 19.1. The van der Waals surface area contributed by atoms with Crippen LogP contribution in [0.25, 0.3) is 0 Å². The molecule has 5 heteroatoms. The van der Waals surface area contributed by atoms with E-state index in [1.165, 1.54) is 17.7 Å². The fraction of sp³-hybridized carbons (Fsp3) is 0.481. The van der Waals surface area contributed by atoms with E-state index in [4.69, 9.17) is 0 Å². The van der Waals surface area contributed by atoms with E-state index < -0.39 is 6.04 Å². The fourth-order valence-corrected chi connectivity index (χ4v) is 3.68. The molecule has 2 amide bonds. The first-order valence-electron chi connectivity index (χ1n) is 11.8. The van der Waals surface area contributed by atoms with Gasteiger partial charge in [-0.3, -0.25) is 9.59 Å². The third-order valence-corrected chi connectivity index (χ3v) is 5.76. The van der Waals surface area contributed by atoms with Gasteiger partial charge in [-0.05, 0) is 54.0 Å². The molecule has 1 atom stereocenters. The summed E-state index contributed by atoms with van der Waals surface area (Å²) in [7, 11) is 0. The molecule has 0 saturated heterocycles. The van der Waals surface area contributed by atoms with Crippen LogP contribution in [-0.4, -0.2) is 29.3 Å². The maximum atomic E-state index is 13.4. The zero-order valence-corrected chi connectivity index (χ0v) is 19.9. The van der Waals surface area contributed by atoms with Gasteiger partial charge in [0, 0.05) is 19.5 Å². The van der Waals surface area contributed by atoms with E-state index in [1.54, 1.807) is 17.0 Å². The van der Waals surface area contributed by atoms with Gasteiger partial charge in [-0.25, -0.2) is 4.39 Å². The fourth-order valence-electron chi connectivity index (χ4n) is 3.68. The number of hydrogen-bond acceptors (Lipinski definition) is 2. The molecule has 1 N–H and O–H groups in total. The summed E-state index contributed by atoms with van der Waals surface area (Å²) in [6.07, 6.45) is 3.35. The van der Waals surface area contributed by atoms with Crippen LogP contribution in [0, 0.1) is 5.82 Å². The Balaban J connectivity index is 2.14. The number of nitrogens with zero attached hydrogens (tertiary/aromatic N) is 1. The summed E-state index contributed by atoms with van der Waals surface area (Å²) in [5.74, 6) is -0.0494. The van der Waals surface area contributed by atoms with Crippen molar-refractivity contribution in [3.05, 3.63) is 71.0 Å². The molecule has 0 unspecified atom stereocenters. The van der Waals surface area contributed by atoms with Crippen molar-refractivity contribution in [3.8, 4) is 0 Å². The van der Waals surface area contributed by atoms with Gasteiger partial charge in [0.25, 0.3) is 0 Å². The molecule has 174 valence electrons. The van der Waals surface area contributed by atoms with Gasteiger partial charge in [-0.15, -0.1) is 0 Å². The van der Waals surface area contributed by atoms with Crippen LogP contribution < -0.4 is 5.32 Å². The number of rotatable bonds is 12. The topological polar surface area (TPSA) is 49.4 Å². The molecule has 4 nitrogen and oxygen atoms in total. The van der Waals surface area contributed by atoms with Crippen LogP contribution in [-0.2, 0) is 22.6 Å². The Hall–Kier alpha value is -2.69. The molecule has 0 radical (unpaired) electrons. The summed E-state index contributed by atoms with van der Waals surface area (Å²) in [6, 6.07) is 13.9. The number of nitrogens with one attached hydrogen (secondary N) is 1. The Labute approximate surface area is 192 Å². The first kappa shape index (κ1) is 25.6. The molecule has 2 aromatic carbocycles. The lowest BCUT2D eigenvalue weighted by Crippen LogP contribution is -2.49. The van der Waals surface area contributed by atoms with Crippen molar-refractivity contribution in [2.75, 3.05) is 6.54 Å². The Kier molecular flexibility index (Phi) is 10.4. The smallest absolute Gasteiger partial charge is 0.242 e. The van der Waals surface area contributed by atoms with Gasteiger partial charge in [0.1, 0.15) is 11.9 Å². The first-order chi connectivity index (χ1) is 15.3. The minimum Gasteiger partial charge on any atom is -0.354 e. The lowest BCUT2D eigenvalue weighted by atomic mass is 10.00. The number of aryl methyl sites for hydroxylation is 1. The molecule has 0 fully saturated rings. The second-order valence-electron chi connectivity index (χ2n) is 8.61. The number of carbonyl (C=O) groups excluding carboxylic acids is 2. The average molecular weight is 441 g/mol. The lowest BCUT2D eigenvalue weighted by Gasteiger charge is -2.31. The van der Waals surface area contributed by atoms with Crippen LogP contribution >= 0.6 is 0 Å². The summed E-state index contributed by atoms with van der Waals surface area (Å²) in [5.41, 5.74) is 3.18. The quantitative estimate of drug-likeness (QED) is 0.437. The maximum Gasteiger partial charge on any atom is 0.242 e. The van der Waals surface area contributed by atoms with E-state index in [9.17, 15) is 14.0 Å². The molecule has 0 aromatic heterocycles. The van der Waals surface area contributed by atoms with E-state index in [0.29, 0.717) is 31.7 Å². The van der Waals surface area contributed by atoms with Crippen molar-refractivity contribution >= 4 is 11.8 Å². The molecular formula is C27H37FN2O2. The van der Waals surface area contributed by atoms with E-state index in [0.717, 1.165) is 24.0 Å². The van der Waals surface area contributed by atoms with Crippen molar-refractivity contribution < 1.29 is 14.0 Å². The van der Waals surface area contributed by atoms with Crippen LogP contribution in [0.1, 0.15) is 76.0 Å². The van der Waals surface area contributed by atoms with E-state index in [-0.39, 0.29) is 24.2 Å². The monoisotopic (exact) mass is 440 g/mol. The van der Waals surface area contributed by atoms with Crippen molar-refractivity contribution in [2.24, 2.45) is 0 Å². The SMILES string of the molecule is CCCCNC(=O)[C@H](CC)N(Cc1ccc(F)cc1)C(=O)CCc1ccc(C(C)C)cc1. The second kappa shape index (κ2) is 13.0. The molecule has 0 aliphatic rings. The third kappa shape index (κ3) is 7.77. The van der Waals surface area contributed by atoms with Gasteiger partial charge in [0.05, 0.1) is 0 Å². The number of benzene rings is 2. The van der Waals surface area contributed by atoms with Crippen LogP contribution in [0.15, 0.2) is 48.5 Å². The van der Waals surface area contributed by atoms with Crippen LogP contribution in [0.5, 0.6) is 0 Å². The zero-order valence-electron chi connectivity index (χ0n) is 19.9. The molecular weight excluding hydrogens is 403 g/mol. The Morgan fingerprint density at radius 2 is 1.59 bits per heavy atom. The summed E-state index contributed by atoms with van der Waals surface area (Å²) < 4.78 is 13.4. The Bertz CT molecular complexity index is 847.